The Morgan fingerprint density at radius 2 is 2.00 bits per heavy atom. The third-order valence-corrected chi connectivity index (χ3v) is 6.18. The van der Waals surface area contributed by atoms with E-state index in [1.807, 2.05) is 0 Å². The molecule has 4 rings (SSSR count). The van der Waals surface area contributed by atoms with Crippen LogP contribution in [0.2, 0.25) is 0 Å². The van der Waals surface area contributed by atoms with Crippen molar-refractivity contribution in [3.05, 3.63) is 47.5 Å². The van der Waals surface area contributed by atoms with Crippen LogP contribution in [0.15, 0.2) is 35.3 Å². The lowest BCUT2D eigenvalue weighted by molar-refractivity contribution is 0.215. The zero-order valence-electron chi connectivity index (χ0n) is 17.5. The summed E-state index contributed by atoms with van der Waals surface area (Å²) in [6.45, 7) is 9.06. The van der Waals surface area contributed by atoms with Crippen LogP contribution in [0, 0.1) is 5.92 Å². The summed E-state index contributed by atoms with van der Waals surface area (Å²) < 4.78 is 2.24. The van der Waals surface area contributed by atoms with Gasteiger partial charge in [0, 0.05) is 32.6 Å². The van der Waals surface area contributed by atoms with Gasteiger partial charge in [-0.1, -0.05) is 43.7 Å². The van der Waals surface area contributed by atoms with Crippen LogP contribution in [0.4, 0.5) is 0 Å². The van der Waals surface area contributed by atoms with Crippen LogP contribution in [-0.4, -0.2) is 45.3 Å². The lowest BCUT2D eigenvalue weighted by atomic mass is 9.79. The lowest BCUT2D eigenvalue weighted by Gasteiger charge is -2.40. The molecule has 7 heteroatoms. The first kappa shape index (κ1) is 22.1. The maximum atomic E-state index is 4.93. The third-order valence-electron chi connectivity index (χ3n) is 6.18. The Hall–Kier alpha value is -1.64. The number of guanidine groups is 1. The predicted molar refractivity (Wildman–Crippen MR) is 128 cm³/mol. The molecule has 0 spiro atoms. The number of aryl methyl sites for hydroxylation is 1. The monoisotopic (exact) mass is 508 g/mol. The fraction of sp³-hybridized carbons (Fsp3) is 0.591. The minimum atomic E-state index is 0. The average Bonchev–Trinajstić information content (AvgIpc) is 3.36. The van der Waals surface area contributed by atoms with Gasteiger partial charge in [0.25, 0.3) is 0 Å². The summed E-state index contributed by atoms with van der Waals surface area (Å²) in [4.78, 5) is 7.37. The van der Waals surface area contributed by atoms with Gasteiger partial charge in [-0.25, -0.2) is 4.99 Å². The van der Waals surface area contributed by atoms with Gasteiger partial charge in [0.15, 0.2) is 11.8 Å². The molecule has 0 aliphatic carbocycles. The number of hydrogen-bond donors (Lipinski definition) is 1. The number of benzene rings is 1. The zero-order chi connectivity index (χ0) is 19.3. The SMILES string of the molecule is CCNC(=NCc1nnc2n1CCC2)N1CCC(c2ccccc2)C(CC)C1.I. The highest BCUT2D eigenvalue weighted by Gasteiger charge is 2.30. The number of nitrogens with one attached hydrogen (secondary N) is 1. The van der Waals surface area contributed by atoms with Crippen molar-refractivity contribution in [1.82, 2.24) is 25.0 Å². The number of rotatable bonds is 5. The number of fused-ring (bicyclic) bond motifs is 1. The van der Waals surface area contributed by atoms with Crippen LogP contribution in [0.1, 0.15) is 56.2 Å². The first-order valence-electron chi connectivity index (χ1n) is 10.8. The van der Waals surface area contributed by atoms with Crippen molar-refractivity contribution in [2.75, 3.05) is 19.6 Å². The van der Waals surface area contributed by atoms with E-state index in [1.54, 1.807) is 0 Å². The van der Waals surface area contributed by atoms with Crippen LogP contribution in [0.3, 0.4) is 0 Å². The van der Waals surface area contributed by atoms with Gasteiger partial charge in [0.2, 0.25) is 0 Å². The highest BCUT2D eigenvalue weighted by molar-refractivity contribution is 14.0. The third kappa shape index (κ3) is 4.92. The van der Waals surface area contributed by atoms with Crippen LogP contribution in [0.5, 0.6) is 0 Å². The van der Waals surface area contributed by atoms with E-state index in [2.05, 4.69) is 69.2 Å². The van der Waals surface area contributed by atoms with Crippen LogP contribution in [-0.2, 0) is 19.5 Å². The number of hydrogen-bond acceptors (Lipinski definition) is 3. The Morgan fingerprint density at radius 3 is 2.76 bits per heavy atom. The lowest BCUT2D eigenvalue weighted by Crippen LogP contribution is -2.48. The van der Waals surface area contributed by atoms with E-state index in [-0.39, 0.29) is 24.0 Å². The molecule has 3 heterocycles. The van der Waals surface area contributed by atoms with Gasteiger partial charge < -0.3 is 14.8 Å². The normalized spacial score (nSPS) is 21.6. The quantitative estimate of drug-likeness (QED) is 0.379. The molecule has 2 aliphatic heterocycles. The topological polar surface area (TPSA) is 58.3 Å². The molecule has 1 saturated heterocycles. The molecule has 2 aromatic rings. The molecule has 1 aromatic heterocycles. The van der Waals surface area contributed by atoms with Crippen molar-refractivity contribution in [3.63, 3.8) is 0 Å². The van der Waals surface area contributed by atoms with Gasteiger partial charge in [-0.3, -0.25) is 0 Å². The van der Waals surface area contributed by atoms with Crippen molar-refractivity contribution in [1.29, 1.82) is 0 Å². The van der Waals surface area contributed by atoms with E-state index < -0.39 is 0 Å². The highest BCUT2D eigenvalue weighted by atomic mass is 127. The van der Waals surface area contributed by atoms with Crippen LogP contribution < -0.4 is 5.32 Å². The summed E-state index contributed by atoms with van der Waals surface area (Å²) in [5, 5.41) is 12.2. The van der Waals surface area contributed by atoms with Crippen molar-refractivity contribution in [3.8, 4) is 0 Å². The van der Waals surface area contributed by atoms with Gasteiger partial charge in [-0.2, -0.15) is 0 Å². The molecular weight excluding hydrogens is 475 g/mol. The zero-order valence-corrected chi connectivity index (χ0v) is 19.9. The Kier molecular flexibility index (Phi) is 7.91. The number of halogens is 1. The summed E-state index contributed by atoms with van der Waals surface area (Å²) in [5.74, 6) is 4.42. The molecule has 2 atom stereocenters. The number of aromatic nitrogens is 3. The molecule has 2 unspecified atom stereocenters. The molecule has 1 fully saturated rings. The second-order valence-electron chi connectivity index (χ2n) is 7.88. The molecule has 6 nitrogen and oxygen atoms in total. The first-order chi connectivity index (χ1) is 13.8. The van der Waals surface area contributed by atoms with Gasteiger partial charge in [0.05, 0.1) is 0 Å². The number of nitrogens with zero attached hydrogens (tertiary/aromatic N) is 5. The van der Waals surface area contributed by atoms with Crippen molar-refractivity contribution in [2.45, 2.75) is 58.5 Å². The molecule has 0 bridgehead atoms. The second-order valence-corrected chi connectivity index (χ2v) is 7.88. The maximum Gasteiger partial charge on any atom is 0.194 e. The second kappa shape index (κ2) is 10.4. The smallest absolute Gasteiger partial charge is 0.194 e. The molecule has 0 radical (unpaired) electrons. The summed E-state index contributed by atoms with van der Waals surface area (Å²) in [5.41, 5.74) is 1.48. The predicted octanol–water partition coefficient (Wildman–Crippen LogP) is 3.82. The maximum absolute atomic E-state index is 4.93. The first-order valence-corrected chi connectivity index (χ1v) is 10.8. The fourth-order valence-electron chi connectivity index (χ4n) is 4.68. The van der Waals surface area contributed by atoms with Crippen molar-refractivity contribution in [2.24, 2.45) is 10.9 Å². The number of aliphatic imine (C=N–C) groups is 1. The Labute approximate surface area is 191 Å². The highest BCUT2D eigenvalue weighted by Crippen LogP contribution is 2.34. The van der Waals surface area contributed by atoms with E-state index in [1.165, 1.54) is 24.8 Å². The van der Waals surface area contributed by atoms with E-state index >= 15 is 0 Å². The molecule has 29 heavy (non-hydrogen) atoms. The molecule has 1 N–H and O–H groups in total. The summed E-state index contributed by atoms with van der Waals surface area (Å²) in [6, 6.07) is 11.0. The Morgan fingerprint density at radius 1 is 1.17 bits per heavy atom. The standard InChI is InChI=1S/C22H32N6.HI/c1-3-17-16-27(14-12-19(17)18-9-6-5-7-10-18)22(23-4-2)24-15-21-26-25-20-11-8-13-28(20)21;/h5-7,9-10,17,19H,3-4,8,11-16H2,1-2H3,(H,23,24);1H. The molecule has 1 aromatic carbocycles. The average molecular weight is 508 g/mol. The minimum Gasteiger partial charge on any atom is -0.357 e. The minimum absolute atomic E-state index is 0. The van der Waals surface area contributed by atoms with E-state index in [0.717, 1.165) is 50.2 Å². The summed E-state index contributed by atoms with van der Waals surface area (Å²) in [6.07, 6.45) is 4.58. The molecular formula is C22H33IN6. The summed E-state index contributed by atoms with van der Waals surface area (Å²) >= 11 is 0. The van der Waals surface area contributed by atoms with Gasteiger partial charge in [-0.05, 0) is 37.2 Å². The van der Waals surface area contributed by atoms with Crippen LogP contribution in [0.25, 0.3) is 0 Å². The van der Waals surface area contributed by atoms with Gasteiger partial charge >= 0.3 is 0 Å². The molecule has 2 aliphatic rings. The summed E-state index contributed by atoms with van der Waals surface area (Å²) in [7, 11) is 0. The Bertz CT molecular complexity index is 803. The Balaban J connectivity index is 0.00000240. The largest absolute Gasteiger partial charge is 0.357 e. The van der Waals surface area contributed by atoms with Crippen LogP contribution >= 0.6 is 24.0 Å². The van der Waals surface area contributed by atoms with E-state index in [0.29, 0.717) is 18.4 Å². The van der Waals surface area contributed by atoms with Gasteiger partial charge in [0.1, 0.15) is 12.4 Å². The fourth-order valence-corrected chi connectivity index (χ4v) is 4.68. The molecule has 158 valence electrons. The van der Waals surface area contributed by atoms with Crippen molar-refractivity contribution < 1.29 is 0 Å². The van der Waals surface area contributed by atoms with E-state index in [9.17, 15) is 0 Å². The van der Waals surface area contributed by atoms with Gasteiger partial charge in [-0.15, -0.1) is 34.2 Å². The molecule has 0 saturated carbocycles. The van der Waals surface area contributed by atoms with Crippen molar-refractivity contribution >= 4 is 29.9 Å². The number of piperidine rings is 1. The van der Waals surface area contributed by atoms with E-state index in [4.69, 9.17) is 4.99 Å². The number of likely N-dealkylation sites (tertiary alicyclic amines) is 1. The molecule has 0 amide bonds.